The average Bonchev–Trinajstić information content (AvgIpc) is 1.45. The van der Waals surface area contributed by atoms with Crippen molar-refractivity contribution >= 4 is 16.4 Å². The van der Waals surface area contributed by atoms with Crippen LogP contribution in [0.4, 0.5) is 0 Å². The number of esters is 1. The average molecular weight is 1350 g/mol. The number of methoxy groups -OCH3 is 1. The van der Waals surface area contributed by atoms with Crippen LogP contribution < -0.4 is 0 Å². The van der Waals surface area contributed by atoms with Crippen molar-refractivity contribution < 1.29 is 150 Å². The van der Waals surface area contributed by atoms with E-state index in [0.29, 0.717) is 56.9 Å². The summed E-state index contributed by atoms with van der Waals surface area (Å²) < 4.78 is 109. The highest BCUT2D eigenvalue weighted by Crippen LogP contribution is 2.76. The van der Waals surface area contributed by atoms with Gasteiger partial charge in [0.2, 0.25) is 0 Å². The highest BCUT2D eigenvalue weighted by molar-refractivity contribution is 7.80. The highest BCUT2D eigenvalue weighted by Gasteiger charge is 2.79. The van der Waals surface area contributed by atoms with E-state index in [1.54, 1.807) is 6.92 Å². The third-order valence-corrected chi connectivity index (χ3v) is 23.2. The maximum atomic E-state index is 14.6. The van der Waals surface area contributed by atoms with Crippen LogP contribution in [0.1, 0.15) is 99.8 Å². The maximum Gasteiger partial charge on any atom is 0.397 e. The van der Waals surface area contributed by atoms with Crippen LogP contribution >= 0.6 is 0 Å². The molecular formula is C60H96O31S. The molecule has 1 spiro atoms. The minimum atomic E-state index is -5.09. The Balaban J connectivity index is 0.881. The van der Waals surface area contributed by atoms with E-state index < -0.39 is 236 Å². The molecule has 4 aliphatic carbocycles. The molecule has 34 unspecified atom stereocenters. The van der Waals surface area contributed by atoms with Gasteiger partial charge in [0.25, 0.3) is 0 Å². The molecule has 32 heteroatoms. The van der Waals surface area contributed by atoms with Gasteiger partial charge < -0.3 is 128 Å². The molecule has 0 amide bonds. The molecule has 6 aliphatic heterocycles. The predicted molar refractivity (Wildman–Crippen MR) is 306 cm³/mol. The molecule has 6 saturated heterocycles. The summed E-state index contributed by atoms with van der Waals surface area (Å²) in [4.78, 5) is 14.6. The first-order valence-corrected chi connectivity index (χ1v) is 33.1. The molecule has 31 nitrogen and oxygen atoms in total. The monoisotopic (exact) mass is 1340 g/mol. The summed E-state index contributed by atoms with van der Waals surface area (Å²) in [5.74, 6) is -0.973. The molecule has 528 valence electrons. The zero-order valence-electron chi connectivity index (χ0n) is 52.7. The number of carbonyl (C=O) groups is 1. The molecule has 34 atom stereocenters. The lowest BCUT2D eigenvalue weighted by Crippen LogP contribution is -2.67. The van der Waals surface area contributed by atoms with Crippen LogP contribution in [0.2, 0.25) is 0 Å². The Kier molecular flexibility index (Phi) is 21.4. The number of ether oxygens (including phenoxy) is 12. The van der Waals surface area contributed by atoms with Gasteiger partial charge in [-0.1, -0.05) is 51.5 Å². The largest absolute Gasteiger partial charge is 0.459 e. The summed E-state index contributed by atoms with van der Waals surface area (Å²) in [6.07, 6.45) is -38.8. The lowest BCUT2D eigenvalue weighted by atomic mass is 9.40. The predicted octanol–water partition coefficient (Wildman–Crippen LogP) is -3.79. The van der Waals surface area contributed by atoms with Crippen molar-refractivity contribution in [2.75, 3.05) is 33.5 Å². The van der Waals surface area contributed by atoms with Crippen LogP contribution in [0.5, 0.6) is 0 Å². The fourth-order valence-electron chi connectivity index (χ4n) is 17.6. The second-order valence-corrected chi connectivity index (χ2v) is 29.4. The number of aliphatic hydroxyl groups is 14. The van der Waals surface area contributed by atoms with Gasteiger partial charge in [-0.3, -0.25) is 9.35 Å². The molecule has 0 aromatic rings. The number of hydrogen-bond donors (Lipinski definition) is 15. The van der Waals surface area contributed by atoms with Crippen molar-refractivity contribution in [3.05, 3.63) is 23.8 Å². The number of fused-ring (bicyclic) bond motifs is 4. The second kappa shape index (κ2) is 27.2. The van der Waals surface area contributed by atoms with Crippen LogP contribution in [0.15, 0.2) is 23.8 Å². The van der Waals surface area contributed by atoms with Crippen LogP contribution in [0.25, 0.3) is 0 Å². The van der Waals surface area contributed by atoms with Crippen LogP contribution in [0.3, 0.4) is 0 Å². The molecule has 3 saturated carbocycles. The number of aliphatic hydroxyl groups excluding tert-OH is 14. The van der Waals surface area contributed by atoms with Crippen LogP contribution in [-0.2, 0) is 76.2 Å². The lowest BCUT2D eigenvalue weighted by Gasteiger charge is -2.64. The Hall–Kier alpha value is -2.18. The Morgan fingerprint density at radius 2 is 1.23 bits per heavy atom. The molecule has 0 radical (unpaired) electrons. The van der Waals surface area contributed by atoms with Gasteiger partial charge in [0.15, 0.2) is 31.5 Å². The van der Waals surface area contributed by atoms with Gasteiger partial charge in [-0.05, 0) is 100 Å². The van der Waals surface area contributed by atoms with Crippen molar-refractivity contribution in [3.63, 3.8) is 0 Å². The van der Waals surface area contributed by atoms with Crippen molar-refractivity contribution in [1.82, 2.24) is 0 Å². The SMILES string of the molecule is C=C(C)C(O)CCC1(C)OC(=O)C23C(O)C=C4C(CCC5C4(C)CCC(OC4OCC(OC6OC(COS(=O)(=O)O)C(O)C(O)C6O)C(O)C4OC4OC(C)C(OC6OC(CO)C(O)C(OC7OC(CO)C(O)C(OC)C7O)C6O)C(O)C4O)C5(C)C)C2(C)CCC13. The second-order valence-electron chi connectivity index (χ2n) is 28.3. The molecule has 0 bridgehead atoms. The van der Waals surface area contributed by atoms with E-state index in [2.05, 4.69) is 24.6 Å². The van der Waals surface area contributed by atoms with E-state index in [1.165, 1.54) is 14.0 Å². The maximum absolute atomic E-state index is 14.6. The lowest BCUT2D eigenvalue weighted by molar-refractivity contribution is -0.394. The zero-order chi connectivity index (χ0) is 67.4. The van der Waals surface area contributed by atoms with Crippen LogP contribution in [-0.4, -0.2) is 295 Å². The van der Waals surface area contributed by atoms with Gasteiger partial charge in [0.1, 0.15) is 121 Å². The summed E-state index contributed by atoms with van der Waals surface area (Å²) in [5.41, 5.74) is -2.44. The van der Waals surface area contributed by atoms with Gasteiger partial charge in [-0.2, -0.15) is 8.42 Å². The number of rotatable bonds is 20. The summed E-state index contributed by atoms with van der Waals surface area (Å²) >= 11 is 0. The minimum Gasteiger partial charge on any atom is -0.459 e. The first-order chi connectivity index (χ1) is 43.0. The fourth-order valence-corrected chi connectivity index (χ4v) is 17.9. The number of cyclic esters (lactones) is 1. The Morgan fingerprint density at radius 3 is 1.85 bits per heavy atom. The molecular weight excluding hydrogens is 1250 g/mol. The fraction of sp³-hybridized carbons (Fsp3) is 0.917. The molecule has 10 rings (SSSR count). The summed E-state index contributed by atoms with van der Waals surface area (Å²) in [6, 6.07) is 0. The smallest absolute Gasteiger partial charge is 0.397 e. The van der Waals surface area contributed by atoms with Gasteiger partial charge in [0, 0.05) is 13.0 Å². The first kappa shape index (κ1) is 72.6. The van der Waals surface area contributed by atoms with E-state index in [4.69, 9.17) is 56.8 Å². The minimum absolute atomic E-state index is 0.102. The summed E-state index contributed by atoms with van der Waals surface area (Å²) in [6.45, 7) is 14.0. The Morgan fingerprint density at radius 1 is 0.652 bits per heavy atom. The molecule has 10 aliphatic rings. The topological polar surface area (TPSA) is 475 Å². The van der Waals surface area contributed by atoms with E-state index in [1.807, 2.05) is 26.8 Å². The van der Waals surface area contributed by atoms with E-state index >= 15 is 0 Å². The number of carbonyl (C=O) groups excluding carboxylic acids is 1. The number of hydrogen-bond acceptors (Lipinski definition) is 30. The molecule has 6 heterocycles. The van der Waals surface area contributed by atoms with Crippen molar-refractivity contribution in [1.29, 1.82) is 0 Å². The van der Waals surface area contributed by atoms with Crippen molar-refractivity contribution in [2.45, 2.75) is 271 Å². The van der Waals surface area contributed by atoms with Gasteiger partial charge in [-0.15, -0.1) is 0 Å². The third kappa shape index (κ3) is 12.5. The Labute approximate surface area is 532 Å². The quantitative estimate of drug-likeness (QED) is 0.0241. The third-order valence-electron chi connectivity index (χ3n) is 22.7. The standard InChI is InChI=1S/C60H96O31S/c1-23(2)27(63)12-17-59(8)33-13-16-58(7)25-10-11-32-56(4,5)35(14-15-57(32,6)26(25)18-34(64)60(33,58)55(75)91-59)87-54-49(39(68)30(21-80-54)85-51-42(71)40(69)36(65)31(86-51)22-81-92(76,77)78)90-50-43(72)41(70)46(24(3)82-50)88-53-45(74)48(38(67)29(20-62)84-53)89-52-44(73)47(79-9)37(66)28(19-61)83-52/h18,24-25,27-54,61-74H,1,10-17,19-22H2,2-9H3,(H,76,77,78). The van der Waals surface area contributed by atoms with E-state index in [0.717, 1.165) is 5.57 Å². The summed E-state index contributed by atoms with van der Waals surface area (Å²) in [5, 5.41) is 157. The molecule has 15 N–H and O–H groups in total. The van der Waals surface area contributed by atoms with Crippen LogP contribution in [0, 0.1) is 39.4 Å². The zero-order valence-corrected chi connectivity index (χ0v) is 53.6. The van der Waals surface area contributed by atoms with E-state index in [-0.39, 0.29) is 17.8 Å². The molecule has 0 aromatic carbocycles. The molecule has 92 heavy (non-hydrogen) atoms. The van der Waals surface area contributed by atoms with Gasteiger partial charge in [-0.25, -0.2) is 4.18 Å². The van der Waals surface area contributed by atoms with Gasteiger partial charge in [0.05, 0.1) is 50.8 Å². The van der Waals surface area contributed by atoms with Crippen molar-refractivity contribution in [2.24, 2.45) is 39.4 Å². The molecule has 0 aromatic heterocycles. The molecule has 9 fully saturated rings. The normalized spacial score (nSPS) is 51.4. The Bertz CT molecular complexity index is 2750. The van der Waals surface area contributed by atoms with E-state index in [9.17, 15) is 89.3 Å². The van der Waals surface area contributed by atoms with Gasteiger partial charge >= 0.3 is 16.4 Å². The number of allylic oxidation sites excluding steroid dienone is 1. The highest BCUT2D eigenvalue weighted by atomic mass is 32.3. The first-order valence-electron chi connectivity index (χ1n) is 31.7. The van der Waals surface area contributed by atoms with Crippen molar-refractivity contribution in [3.8, 4) is 0 Å². The summed E-state index contributed by atoms with van der Waals surface area (Å²) in [7, 11) is -3.92.